The molecule has 0 unspecified atom stereocenters. The maximum Gasteiger partial charge on any atom is 0.270 e. The van der Waals surface area contributed by atoms with E-state index in [9.17, 15) is 4.79 Å². The van der Waals surface area contributed by atoms with Gasteiger partial charge in [-0.3, -0.25) is 4.79 Å². The molecule has 0 spiro atoms. The van der Waals surface area contributed by atoms with Crippen molar-refractivity contribution in [2.45, 2.75) is 13.3 Å². The first kappa shape index (κ1) is 13.1. The second-order valence-electron chi connectivity index (χ2n) is 4.08. The number of hydrogen-bond acceptors (Lipinski definition) is 3. The van der Waals surface area contributed by atoms with Crippen LogP contribution in [0, 0.1) is 0 Å². The molecule has 0 radical (unpaired) electrons. The molecular formula is C14H17N3O2. The van der Waals surface area contributed by atoms with Crippen LogP contribution >= 0.6 is 0 Å². The molecule has 0 fully saturated rings. The second-order valence-corrected chi connectivity index (χ2v) is 4.08. The van der Waals surface area contributed by atoms with Crippen molar-refractivity contribution in [3.05, 3.63) is 42.1 Å². The van der Waals surface area contributed by atoms with Gasteiger partial charge in [-0.1, -0.05) is 25.1 Å². The Morgan fingerprint density at radius 2 is 2.11 bits per heavy atom. The van der Waals surface area contributed by atoms with Crippen molar-refractivity contribution >= 4 is 5.91 Å². The molecule has 0 atom stereocenters. The Bertz CT molecular complexity index is 549. The lowest BCUT2D eigenvalue weighted by atomic mass is 10.3. The summed E-state index contributed by atoms with van der Waals surface area (Å²) in [5.74, 6) is 0.270. The number of benzene rings is 1. The van der Waals surface area contributed by atoms with Crippen molar-refractivity contribution in [1.29, 1.82) is 0 Å². The summed E-state index contributed by atoms with van der Waals surface area (Å²) in [6, 6.07) is 11.1. The lowest BCUT2D eigenvalue weighted by Gasteiger charge is -2.07. The summed E-state index contributed by atoms with van der Waals surface area (Å²) in [5.41, 5.74) is 1.30. The van der Waals surface area contributed by atoms with Crippen LogP contribution in [0.3, 0.4) is 0 Å². The van der Waals surface area contributed by atoms with Gasteiger partial charge >= 0.3 is 0 Å². The lowest BCUT2D eigenvalue weighted by molar-refractivity contribution is 0.0946. The van der Waals surface area contributed by atoms with Crippen molar-refractivity contribution in [2.24, 2.45) is 0 Å². The number of methoxy groups -OCH3 is 1. The van der Waals surface area contributed by atoms with Gasteiger partial charge < -0.3 is 10.1 Å². The second kappa shape index (κ2) is 6.04. The minimum Gasteiger partial charge on any atom is -0.480 e. The summed E-state index contributed by atoms with van der Waals surface area (Å²) in [6.07, 6.45) is 0.891. The quantitative estimate of drug-likeness (QED) is 0.893. The molecule has 1 N–H and O–H groups in total. The molecule has 0 bridgehead atoms. The number of carbonyl (C=O) groups excluding carboxylic acids is 1. The monoisotopic (exact) mass is 259 g/mol. The number of amides is 1. The van der Waals surface area contributed by atoms with E-state index in [1.807, 2.05) is 37.3 Å². The number of aromatic nitrogens is 2. The van der Waals surface area contributed by atoms with Crippen molar-refractivity contribution < 1.29 is 9.53 Å². The van der Waals surface area contributed by atoms with Gasteiger partial charge in [-0.05, 0) is 18.6 Å². The molecule has 5 nitrogen and oxygen atoms in total. The SMILES string of the molecule is CCCNC(=O)c1cc(OC)nn1-c1ccccc1. The van der Waals surface area contributed by atoms with E-state index in [1.165, 1.54) is 7.11 Å². The van der Waals surface area contributed by atoms with E-state index < -0.39 is 0 Å². The van der Waals surface area contributed by atoms with Crippen LogP contribution in [0.15, 0.2) is 36.4 Å². The summed E-state index contributed by atoms with van der Waals surface area (Å²) >= 11 is 0. The Balaban J connectivity index is 2.37. The predicted octanol–water partition coefficient (Wildman–Crippen LogP) is 2.02. The smallest absolute Gasteiger partial charge is 0.270 e. The Morgan fingerprint density at radius 1 is 1.37 bits per heavy atom. The number of rotatable bonds is 5. The van der Waals surface area contributed by atoms with Crippen LogP contribution in [0.2, 0.25) is 0 Å². The molecule has 0 aliphatic rings. The number of hydrogen-bond donors (Lipinski definition) is 1. The molecule has 1 aromatic heterocycles. The fourth-order valence-electron chi connectivity index (χ4n) is 1.72. The number of nitrogens with one attached hydrogen (secondary N) is 1. The van der Waals surface area contributed by atoms with Crippen molar-refractivity contribution in [2.75, 3.05) is 13.7 Å². The minimum atomic E-state index is -0.151. The molecule has 19 heavy (non-hydrogen) atoms. The van der Waals surface area contributed by atoms with E-state index in [1.54, 1.807) is 10.7 Å². The van der Waals surface area contributed by atoms with Crippen LogP contribution in [0.5, 0.6) is 5.88 Å². The molecule has 0 aliphatic carbocycles. The number of carbonyl (C=O) groups is 1. The maximum absolute atomic E-state index is 12.1. The number of ether oxygens (including phenoxy) is 1. The van der Waals surface area contributed by atoms with Gasteiger partial charge in [0.05, 0.1) is 12.8 Å². The Hall–Kier alpha value is -2.30. The third kappa shape index (κ3) is 2.93. The predicted molar refractivity (Wildman–Crippen MR) is 72.7 cm³/mol. The highest BCUT2D eigenvalue weighted by Crippen LogP contribution is 2.16. The zero-order chi connectivity index (χ0) is 13.7. The van der Waals surface area contributed by atoms with Crippen molar-refractivity contribution in [1.82, 2.24) is 15.1 Å². The van der Waals surface area contributed by atoms with Crippen molar-refractivity contribution in [3.8, 4) is 11.6 Å². The van der Waals surface area contributed by atoms with Gasteiger partial charge in [0, 0.05) is 12.6 Å². The first-order valence-electron chi connectivity index (χ1n) is 6.24. The molecule has 1 aromatic carbocycles. The van der Waals surface area contributed by atoms with E-state index in [0.29, 0.717) is 18.1 Å². The van der Waals surface area contributed by atoms with Crippen LogP contribution in [-0.4, -0.2) is 29.3 Å². The third-order valence-corrected chi connectivity index (χ3v) is 2.67. The van der Waals surface area contributed by atoms with Gasteiger partial charge in [0.2, 0.25) is 5.88 Å². The summed E-state index contributed by atoms with van der Waals surface area (Å²) in [6.45, 7) is 2.65. The van der Waals surface area contributed by atoms with E-state index in [-0.39, 0.29) is 5.91 Å². The largest absolute Gasteiger partial charge is 0.480 e. The summed E-state index contributed by atoms with van der Waals surface area (Å²) in [4.78, 5) is 12.1. The van der Waals surface area contributed by atoms with Gasteiger partial charge in [-0.15, -0.1) is 5.10 Å². The Morgan fingerprint density at radius 3 is 2.74 bits per heavy atom. The average Bonchev–Trinajstić information content (AvgIpc) is 2.90. The minimum absolute atomic E-state index is 0.151. The topological polar surface area (TPSA) is 56.1 Å². The Labute approximate surface area is 112 Å². The van der Waals surface area contributed by atoms with E-state index in [2.05, 4.69) is 10.4 Å². The van der Waals surface area contributed by atoms with Gasteiger partial charge in [0.1, 0.15) is 5.69 Å². The first-order chi connectivity index (χ1) is 9.26. The average molecular weight is 259 g/mol. The summed E-state index contributed by atoms with van der Waals surface area (Å²) < 4.78 is 6.69. The molecule has 1 heterocycles. The molecule has 100 valence electrons. The number of nitrogens with zero attached hydrogens (tertiary/aromatic N) is 2. The fourth-order valence-corrected chi connectivity index (χ4v) is 1.72. The van der Waals surface area contributed by atoms with E-state index in [4.69, 9.17) is 4.74 Å². The summed E-state index contributed by atoms with van der Waals surface area (Å²) in [7, 11) is 1.53. The van der Waals surface area contributed by atoms with Crippen LogP contribution < -0.4 is 10.1 Å². The van der Waals surface area contributed by atoms with Crippen molar-refractivity contribution in [3.63, 3.8) is 0 Å². The zero-order valence-corrected chi connectivity index (χ0v) is 11.1. The van der Waals surface area contributed by atoms with Gasteiger partial charge in [0.25, 0.3) is 5.91 Å². The maximum atomic E-state index is 12.1. The van der Waals surface area contributed by atoms with Gasteiger partial charge in [-0.25, -0.2) is 4.68 Å². The normalized spacial score (nSPS) is 10.2. The number of para-hydroxylation sites is 1. The molecule has 5 heteroatoms. The standard InChI is InChI=1S/C14H17N3O2/c1-3-9-15-14(18)12-10-13(19-2)16-17(12)11-7-5-4-6-8-11/h4-8,10H,3,9H2,1-2H3,(H,15,18). The molecule has 0 saturated heterocycles. The summed E-state index contributed by atoms with van der Waals surface area (Å²) in [5, 5.41) is 7.10. The zero-order valence-electron chi connectivity index (χ0n) is 11.1. The van der Waals surface area contributed by atoms with Gasteiger partial charge in [0.15, 0.2) is 0 Å². The molecule has 1 amide bonds. The molecule has 2 rings (SSSR count). The molecule has 2 aromatic rings. The molecule has 0 saturated carbocycles. The molecule has 0 aliphatic heterocycles. The highest BCUT2D eigenvalue weighted by molar-refractivity contribution is 5.93. The first-order valence-corrected chi connectivity index (χ1v) is 6.24. The lowest BCUT2D eigenvalue weighted by Crippen LogP contribution is -2.26. The fraction of sp³-hybridized carbons (Fsp3) is 0.286. The van der Waals surface area contributed by atoms with Crippen LogP contribution in [0.1, 0.15) is 23.8 Å². The van der Waals surface area contributed by atoms with Crippen LogP contribution in [0.25, 0.3) is 5.69 Å². The van der Waals surface area contributed by atoms with Crippen LogP contribution in [-0.2, 0) is 0 Å². The Kier molecular flexibility index (Phi) is 4.18. The highest BCUT2D eigenvalue weighted by atomic mass is 16.5. The highest BCUT2D eigenvalue weighted by Gasteiger charge is 2.16. The molecular weight excluding hydrogens is 242 g/mol. The van der Waals surface area contributed by atoms with E-state index in [0.717, 1.165) is 12.1 Å². The third-order valence-electron chi connectivity index (χ3n) is 2.67. The van der Waals surface area contributed by atoms with Crippen LogP contribution in [0.4, 0.5) is 0 Å². The van der Waals surface area contributed by atoms with Gasteiger partial charge in [-0.2, -0.15) is 0 Å². The van der Waals surface area contributed by atoms with E-state index >= 15 is 0 Å².